The molecule has 3 nitrogen and oxygen atoms in total. The number of hydrogen-bond donors (Lipinski definition) is 1. The average molecular weight is 246 g/mol. The van der Waals surface area contributed by atoms with Crippen LogP contribution >= 0.6 is 0 Å². The van der Waals surface area contributed by atoms with Crippen LogP contribution in [0.2, 0.25) is 0 Å². The van der Waals surface area contributed by atoms with Gasteiger partial charge >= 0.3 is 0 Å². The van der Waals surface area contributed by atoms with Crippen molar-refractivity contribution >= 4 is 0 Å². The molecule has 0 amide bonds. The van der Waals surface area contributed by atoms with E-state index in [1.54, 1.807) is 7.11 Å². The first-order chi connectivity index (χ1) is 8.13. The Balaban J connectivity index is 2.34. The topological polar surface area (TPSA) is 38.7 Å². The fourth-order valence-corrected chi connectivity index (χ4v) is 1.36. The number of hydrogen-bond acceptors (Lipinski definition) is 3. The predicted molar refractivity (Wildman–Crippen MR) is 58.8 cm³/mol. The Morgan fingerprint density at radius 2 is 2.00 bits per heavy atom. The Morgan fingerprint density at radius 1 is 1.24 bits per heavy atom. The van der Waals surface area contributed by atoms with Gasteiger partial charge in [0.1, 0.15) is 0 Å². The lowest BCUT2D eigenvalue weighted by molar-refractivity contribution is 0.0137. The lowest BCUT2D eigenvalue weighted by Crippen LogP contribution is -2.19. The molecule has 0 saturated heterocycles. The molecule has 5 heteroatoms. The highest BCUT2D eigenvalue weighted by Gasteiger charge is 2.08. The Labute approximate surface area is 99.0 Å². The first-order valence-corrected chi connectivity index (χ1v) is 5.32. The summed E-state index contributed by atoms with van der Waals surface area (Å²) in [5.41, 5.74) is 0.534. The number of rotatable bonds is 7. The maximum Gasteiger partial charge on any atom is 0.159 e. The summed E-state index contributed by atoms with van der Waals surface area (Å²) < 4.78 is 35.4. The molecule has 0 radical (unpaired) electrons. The van der Waals surface area contributed by atoms with E-state index < -0.39 is 17.7 Å². The van der Waals surface area contributed by atoms with Crippen LogP contribution in [-0.2, 0) is 15.9 Å². The minimum absolute atomic E-state index is 0.141. The van der Waals surface area contributed by atoms with Gasteiger partial charge in [0.2, 0.25) is 0 Å². The van der Waals surface area contributed by atoms with Crippen molar-refractivity contribution in [3.8, 4) is 0 Å². The van der Waals surface area contributed by atoms with Crippen LogP contribution in [0, 0.1) is 11.6 Å². The van der Waals surface area contributed by atoms with Gasteiger partial charge in [0.25, 0.3) is 0 Å². The highest BCUT2D eigenvalue weighted by atomic mass is 19.2. The summed E-state index contributed by atoms with van der Waals surface area (Å²) in [5.74, 6) is -1.80. The minimum atomic E-state index is -0.907. The number of aliphatic hydroxyl groups is 1. The van der Waals surface area contributed by atoms with Gasteiger partial charge in [-0.1, -0.05) is 6.07 Å². The van der Waals surface area contributed by atoms with E-state index in [1.165, 1.54) is 6.07 Å². The van der Waals surface area contributed by atoms with Crippen LogP contribution in [0.1, 0.15) is 5.56 Å². The molecule has 1 aromatic rings. The maximum atomic E-state index is 12.9. The van der Waals surface area contributed by atoms with Crippen LogP contribution in [0.25, 0.3) is 0 Å². The largest absolute Gasteiger partial charge is 0.390 e. The van der Waals surface area contributed by atoms with Crippen LogP contribution in [0.15, 0.2) is 18.2 Å². The van der Waals surface area contributed by atoms with Gasteiger partial charge in [-0.3, -0.25) is 0 Å². The maximum absolute atomic E-state index is 12.9. The molecule has 1 atom stereocenters. The van der Waals surface area contributed by atoms with E-state index >= 15 is 0 Å². The van der Waals surface area contributed by atoms with Crippen molar-refractivity contribution in [1.82, 2.24) is 0 Å². The Bertz CT molecular complexity index is 345. The Kier molecular flexibility index (Phi) is 6.04. The van der Waals surface area contributed by atoms with Crippen molar-refractivity contribution < 1.29 is 23.4 Å². The van der Waals surface area contributed by atoms with E-state index in [-0.39, 0.29) is 13.0 Å². The number of methoxy groups -OCH3 is 1. The van der Waals surface area contributed by atoms with Crippen molar-refractivity contribution in [3.05, 3.63) is 35.4 Å². The molecule has 1 rings (SSSR count). The van der Waals surface area contributed by atoms with Crippen molar-refractivity contribution in [3.63, 3.8) is 0 Å². The van der Waals surface area contributed by atoms with E-state index in [0.29, 0.717) is 18.8 Å². The molecule has 0 aliphatic rings. The van der Waals surface area contributed by atoms with Gasteiger partial charge in [0, 0.05) is 13.5 Å². The van der Waals surface area contributed by atoms with Crippen LogP contribution in [0.4, 0.5) is 8.78 Å². The number of aliphatic hydroxyl groups excluding tert-OH is 1. The summed E-state index contributed by atoms with van der Waals surface area (Å²) in [4.78, 5) is 0. The lowest BCUT2D eigenvalue weighted by Gasteiger charge is -2.11. The van der Waals surface area contributed by atoms with Crippen LogP contribution in [0.5, 0.6) is 0 Å². The number of ether oxygens (including phenoxy) is 2. The highest BCUT2D eigenvalue weighted by molar-refractivity contribution is 5.18. The zero-order chi connectivity index (χ0) is 12.7. The van der Waals surface area contributed by atoms with Gasteiger partial charge in [0.15, 0.2) is 11.6 Å². The van der Waals surface area contributed by atoms with Crippen molar-refractivity contribution in [2.45, 2.75) is 12.5 Å². The third-order valence-corrected chi connectivity index (χ3v) is 2.20. The third-order valence-electron chi connectivity index (χ3n) is 2.20. The Hall–Kier alpha value is -1.04. The summed E-state index contributed by atoms with van der Waals surface area (Å²) >= 11 is 0. The van der Waals surface area contributed by atoms with Crippen LogP contribution in [-0.4, -0.2) is 38.1 Å². The zero-order valence-electron chi connectivity index (χ0n) is 9.66. The molecule has 0 spiro atoms. The summed E-state index contributed by atoms with van der Waals surface area (Å²) in [7, 11) is 1.56. The predicted octanol–water partition coefficient (Wildman–Crippen LogP) is 1.53. The third kappa shape index (κ3) is 5.21. The highest BCUT2D eigenvalue weighted by Crippen LogP contribution is 2.10. The molecular weight excluding hydrogens is 230 g/mol. The first-order valence-electron chi connectivity index (χ1n) is 5.32. The molecule has 0 aliphatic heterocycles. The summed E-state index contributed by atoms with van der Waals surface area (Å²) in [6.07, 6.45) is -0.513. The molecule has 96 valence electrons. The lowest BCUT2D eigenvalue weighted by atomic mass is 10.1. The van der Waals surface area contributed by atoms with Gasteiger partial charge in [-0.2, -0.15) is 0 Å². The molecule has 0 aliphatic carbocycles. The second-order valence-electron chi connectivity index (χ2n) is 3.67. The van der Waals surface area contributed by atoms with E-state index in [0.717, 1.165) is 12.1 Å². The second kappa shape index (κ2) is 7.32. The van der Waals surface area contributed by atoms with Gasteiger partial charge in [-0.15, -0.1) is 0 Å². The van der Waals surface area contributed by atoms with Crippen LogP contribution < -0.4 is 0 Å². The number of halogens is 2. The zero-order valence-corrected chi connectivity index (χ0v) is 9.66. The SMILES string of the molecule is COCCOCC(O)Cc1ccc(F)c(F)c1. The van der Waals surface area contributed by atoms with Gasteiger partial charge < -0.3 is 14.6 Å². The van der Waals surface area contributed by atoms with Gasteiger partial charge in [0.05, 0.1) is 25.9 Å². The van der Waals surface area contributed by atoms with E-state index in [2.05, 4.69) is 0 Å². The first kappa shape index (κ1) is 14.0. The molecule has 1 aromatic carbocycles. The fraction of sp³-hybridized carbons (Fsp3) is 0.500. The normalized spacial score (nSPS) is 12.7. The van der Waals surface area contributed by atoms with E-state index in [1.807, 2.05) is 0 Å². The van der Waals surface area contributed by atoms with Crippen molar-refractivity contribution in [1.29, 1.82) is 0 Å². The summed E-state index contributed by atoms with van der Waals surface area (Å²) in [6, 6.07) is 3.56. The molecule has 0 saturated carbocycles. The number of benzene rings is 1. The molecule has 0 heterocycles. The second-order valence-corrected chi connectivity index (χ2v) is 3.67. The molecule has 1 N–H and O–H groups in total. The summed E-state index contributed by atoms with van der Waals surface area (Å²) in [5, 5.41) is 9.58. The summed E-state index contributed by atoms with van der Waals surface area (Å²) in [6.45, 7) is 0.992. The van der Waals surface area contributed by atoms with E-state index in [4.69, 9.17) is 9.47 Å². The van der Waals surface area contributed by atoms with Crippen molar-refractivity contribution in [2.24, 2.45) is 0 Å². The van der Waals surface area contributed by atoms with Gasteiger partial charge in [-0.25, -0.2) is 8.78 Å². The minimum Gasteiger partial charge on any atom is -0.390 e. The molecule has 0 fully saturated rings. The standard InChI is InChI=1S/C12H16F2O3/c1-16-4-5-17-8-10(15)6-9-2-3-11(13)12(14)7-9/h2-3,7,10,15H,4-6,8H2,1H3. The molecule has 1 unspecified atom stereocenters. The molecule has 17 heavy (non-hydrogen) atoms. The fourth-order valence-electron chi connectivity index (χ4n) is 1.36. The monoisotopic (exact) mass is 246 g/mol. The Morgan fingerprint density at radius 3 is 2.65 bits per heavy atom. The quantitative estimate of drug-likeness (QED) is 0.741. The van der Waals surface area contributed by atoms with Crippen LogP contribution in [0.3, 0.4) is 0 Å². The smallest absolute Gasteiger partial charge is 0.159 e. The molecule has 0 bridgehead atoms. The van der Waals surface area contributed by atoms with Crippen molar-refractivity contribution in [2.75, 3.05) is 26.9 Å². The molecular formula is C12H16F2O3. The average Bonchev–Trinajstić information content (AvgIpc) is 2.30. The molecule has 0 aromatic heterocycles. The van der Waals surface area contributed by atoms with E-state index in [9.17, 15) is 13.9 Å². The van der Waals surface area contributed by atoms with Gasteiger partial charge in [-0.05, 0) is 17.7 Å².